The molecule has 1 aromatic rings. The topological polar surface area (TPSA) is 3.24 Å². The molecule has 0 bridgehead atoms. The van der Waals surface area contributed by atoms with Gasteiger partial charge in [-0.15, -0.1) is 0 Å². The first-order valence-corrected chi connectivity index (χ1v) is 9.11. The quantitative estimate of drug-likeness (QED) is 0.695. The van der Waals surface area contributed by atoms with Gasteiger partial charge in [-0.05, 0) is 29.8 Å². The van der Waals surface area contributed by atoms with E-state index in [1.54, 1.807) is 0 Å². The van der Waals surface area contributed by atoms with Gasteiger partial charge in [0.2, 0.25) is 0 Å². The zero-order valence-electron chi connectivity index (χ0n) is 12.0. The molecule has 0 unspecified atom stereocenters. The summed E-state index contributed by atoms with van der Waals surface area (Å²) >= 11 is 0. The summed E-state index contributed by atoms with van der Waals surface area (Å²) in [6, 6.07) is 8.65. The molecule has 0 spiro atoms. The molecule has 0 heterocycles. The van der Waals surface area contributed by atoms with Crippen molar-refractivity contribution in [2.45, 2.75) is 38.9 Å². The largest absolute Gasteiger partial charge is 0.400 e. The van der Waals surface area contributed by atoms with Crippen molar-refractivity contribution in [3.8, 4) is 0 Å². The third-order valence-electron chi connectivity index (χ3n) is 4.19. The van der Waals surface area contributed by atoms with Crippen LogP contribution in [0.15, 0.2) is 30.8 Å². The van der Waals surface area contributed by atoms with Crippen molar-refractivity contribution in [1.29, 1.82) is 0 Å². The Morgan fingerprint density at radius 2 is 1.59 bits per heavy atom. The van der Waals surface area contributed by atoms with Gasteiger partial charge in [-0.2, -0.15) is 0 Å². The maximum atomic E-state index is 3.79. The summed E-state index contributed by atoms with van der Waals surface area (Å²) < 4.78 is 2.49. The number of benzene rings is 1. The Labute approximate surface area is 107 Å². The van der Waals surface area contributed by atoms with Gasteiger partial charge in [0.15, 0.2) is 8.24 Å². The maximum Gasteiger partial charge on any atom is 0.155 e. The van der Waals surface area contributed by atoms with Crippen molar-refractivity contribution in [2.24, 2.45) is 0 Å². The molecular formula is C15H25NSi. The minimum Gasteiger partial charge on any atom is -0.400 e. The van der Waals surface area contributed by atoms with Crippen LogP contribution in [0.25, 0.3) is 6.08 Å². The van der Waals surface area contributed by atoms with Gasteiger partial charge < -0.3 is 4.57 Å². The molecule has 0 aliphatic rings. The van der Waals surface area contributed by atoms with Gasteiger partial charge in [-0.1, -0.05) is 58.7 Å². The van der Waals surface area contributed by atoms with Gasteiger partial charge in [0.25, 0.3) is 0 Å². The highest BCUT2D eigenvalue weighted by Gasteiger charge is 2.39. The Morgan fingerprint density at radius 1 is 1.12 bits per heavy atom. The minimum absolute atomic E-state index is 0.360. The highest BCUT2D eigenvalue weighted by Crippen LogP contribution is 2.39. The molecule has 0 radical (unpaired) electrons. The number of rotatable bonds is 3. The SMILES string of the molecule is C=Cc1ccc(N(C)[Si](C)(C)C(C)(C)C)cc1. The predicted octanol–water partition coefficient (Wildman–Crippen LogP) is 4.77. The van der Waals surface area contributed by atoms with E-state index >= 15 is 0 Å². The van der Waals surface area contributed by atoms with Crippen molar-refractivity contribution >= 4 is 20.0 Å². The van der Waals surface area contributed by atoms with Crippen molar-refractivity contribution in [3.63, 3.8) is 0 Å². The molecule has 17 heavy (non-hydrogen) atoms. The number of hydrogen-bond donors (Lipinski definition) is 0. The zero-order valence-corrected chi connectivity index (χ0v) is 13.0. The van der Waals surface area contributed by atoms with Gasteiger partial charge >= 0.3 is 0 Å². The molecule has 0 fully saturated rings. The zero-order chi connectivity index (χ0) is 13.3. The Kier molecular flexibility index (Phi) is 3.87. The fourth-order valence-corrected chi connectivity index (χ4v) is 3.46. The lowest BCUT2D eigenvalue weighted by Crippen LogP contribution is -2.53. The molecule has 0 N–H and O–H groups in total. The summed E-state index contributed by atoms with van der Waals surface area (Å²) in [6.07, 6.45) is 1.89. The fraction of sp³-hybridized carbons (Fsp3) is 0.467. The van der Waals surface area contributed by atoms with E-state index in [-0.39, 0.29) is 0 Å². The molecule has 0 atom stereocenters. The second kappa shape index (κ2) is 4.69. The highest BCUT2D eigenvalue weighted by atomic mass is 28.3. The van der Waals surface area contributed by atoms with Crippen LogP contribution in [0.2, 0.25) is 18.1 Å². The van der Waals surface area contributed by atoms with E-state index in [9.17, 15) is 0 Å². The summed E-state index contributed by atoms with van der Waals surface area (Å²) in [4.78, 5) is 0. The third kappa shape index (κ3) is 2.81. The van der Waals surface area contributed by atoms with E-state index in [4.69, 9.17) is 0 Å². The van der Waals surface area contributed by atoms with E-state index in [1.807, 2.05) is 6.08 Å². The van der Waals surface area contributed by atoms with Crippen LogP contribution in [0, 0.1) is 0 Å². The molecule has 0 saturated carbocycles. The predicted molar refractivity (Wildman–Crippen MR) is 82.1 cm³/mol. The molecule has 1 nitrogen and oxygen atoms in total. The van der Waals surface area contributed by atoms with Crippen molar-refractivity contribution < 1.29 is 0 Å². The van der Waals surface area contributed by atoms with Gasteiger partial charge in [0, 0.05) is 5.69 Å². The number of anilines is 1. The monoisotopic (exact) mass is 247 g/mol. The summed E-state index contributed by atoms with van der Waals surface area (Å²) in [5, 5.41) is 0.360. The maximum absolute atomic E-state index is 3.79. The van der Waals surface area contributed by atoms with Crippen LogP contribution in [-0.2, 0) is 0 Å². The first-order valence-electron chi connectivity index (χ1n) is 6.16. The smallest absolute Gasteiger partial charge is 0.155 e. The van der Waals surface area contributed by atoms with Crippen LogP contribution < -0.4 is 4.57 Å². The second-order valence-corrected chi connectivity index (χ2v) is 11.5. The molecule has 0 amide bonds. The van der Waals surface area contributed by atoms with E-state index < -0.39 is 8.24 Å². The van der Waals surface area contributed by atoms with Crippen molar-refractivity contribution in [2.75, 3.05) is 11.6 Å². The number of nitrogens with zero attached hydrogens (tertiary/aromatic N) is 1. The van der Waals surface area contributed by atoms with E-state index in [0.29, 0.717) is 5.04 Å². The Hall–Kier alpha value is -1.02. The van der Waals surface area contributed by atoms with E-state index in [2.05, 4.69) is 76.3 Å². The Balaban J connectivity index is 3.03. The molecule has 1 aromatic carbocycles. The summed E-state index contributed by atoms with van der Waals surface area (Å²) in [5.74, 6) is 0. The van der Waals surface area contributed by atoms with Crippen LogP contribution in [0.5, 0.6) is 0 Å². The average molecular weight is 247 g/mol. The van der Waals surface area contributed by atoms with Crippen LogP contribution >= 0.6 is 0 Å². The highest BCUT2D eigenvalue weighted by molar-refractivity contribution is 6.83. The average Bonchev–Trinajstić information content (AvgIpc) is 2.26. The van der Waals surface area contributed by atoms with Gasteiger partial charge in [-0.3, -0.25) is 0 Å². The lowest BCUT2D eigenvalue weighted by Gasteiger charge is -2.45. The molecule has 0 saturated heterocycles. The lowest BCUT2D eigenvalue weighted by atomic mass is 10.2. The van der Waals surface area contributed by atoms with Gasteiger partial charge in [-0.25, -0.2) is 0 Å². The van der Waals surface area contributed by atoms with Crippen molar-refractivity contribution in [3.05, 3.63) is 36.4 Å². The standard InChI is InChI=1S/C15H25NSi/c1-8-13-9-11-14(12-10-13)16(5)17(6,7)15(2,3)4/h8-12H,1H2,2-7H3. The third-order valence-corrected chi connectivity index (χ3v) is 9.80. The van der Waals surface area contributed by atoms with E-state index in [1.165, 1.54) is 11.3 Å². The number of hydrogen-bond acceptors (Lipinski definition) is 1. The van der Waals surface area contributed by atoms with Gasteiger partial charge in [0.1, 0.15) is 0 Å². The molecule has 0 aliphatic heterocycles. The summed E-state index contributed by atoms with van der Waals surface area (Å²) in [6.45, 7) is 15.7. The Bertz CT molecular complexity index is 384. The Morgan fingerprint density at radius 3 is 1.94 bits per heavy atom. The summed E-state index contributed by atoms with van der Waals surface area (Å²) in [7, 11) is 0.753. The van der Waals surface area contributed by atoms with Crippen LogP contribution in [-0.4, -0.2) is 15.3 Å². The van der Waals surface area contributed by atoms with Crippen LogP contribution in [0.3, 0.4) is 0 Å². The molecular weight excluding hydrogens is 222 g/mol. The van der Waals surface area contributed by atoms with E-state index in [0.717, 1.165) is 0 Å². The molecule has 0 aromatic heterocycles. The minimum atomic E-state index is -1.47. The normalized spacial score (nSPS) is 12.4. The van der Waals surface area contributed by atoms with Crippen LogP contribution in [0.1, 0.15) is 26.3 Å². The van der Waals surface area contributed by atoms with Crippen molar-refractivity contribution in [1.82, 2.24) is 0 Å². The fourth-order valence-electron chi connectivity index (χ4n) is 1.66. The first-order chi connectivity index (χ1) is 7.70. The second-order valence-electron chi connectivity index (χ2n) is 6.16. The summed E-state index contributed by atoms with van der Waals surface area (Å²) in [5.41, 5.74) is 2.49. The molecule has 1 rings (SSSR count). The first kappa shape index (κ1) is 14.0. The molecule has 94 valence electrons. The molecule has 0 aliphatic carbocycles. The molecule has 2 heteroatoms. The lowest BCUT2D eigenvalue weighted by molar-refractivity contribution is 0.712. The van der Waals surface area contributed by atoms with Crippen LogP contribution in [0.4, 0.5) is 5.69 Å². The van der Waals surface area contributed by atoms with Gasteiger partial charge in [0.05, 0.1) is 0 Å².